The van der Waals surface area contributed by atoms with E-state index in [9.17, 15) is 8.78 Å². The molecule has 0 fully saturated rings. The monoisotopic (exact) mass is 291 g/mol. The van der Waals surface area contributed by atoms with Gasteiger partial charge in [-0.1, -0.05) is 6.92 Å². The Kier molecular flexibility index (Phi) is 5.33. The highest BCUT2D eigenvalue weighted by atomic mass is 19.1. The molecule has 2 rings (SSSR count). The van der Waals surface area contributed by atoms with Gasteiger partial charge >= 0.3 is 0 Å². The number of hydrogen-bond donors (Lipinski definition) is 1. The van der Waals surface area contributed by atoms with Gasteiger partial charge in [-0.05, 0) is 43.7 Å². The Morgan fingerprint density at radius 3 is 2.43 bits per heavy atom. The van der Waals surface area contributed by atoms with Crippen LogP contribution in [0.1, 0.15) is 36.1 Å². The fourth-order valence-corrected chi connectivity index (χ4v) is 2.16. The summed E-state index contributed by atoms with van der Waals surface area (Å²) in [7, 11) is 0. The third-order valence-corrected chi connectivity index (χ3v) is 2.97. The van der Waals surface area contributed by atoms with Crippen molar-refractivity contribution in [1.82, 2.24) is 15.3 Å². The van der Waals surface area contributed by atoms with Crippen molar-refractivity contribution >= 4 is 0 Å². The summed E-state index contributed by atoms with van der Waals surface area (Å²) >= 11 is 0. The lowest BCUT2D eigenvalue weighted by Gasteiger charge is -2.07. The van der Waals surface area contributed by atoms with Crippen molar-refractivity contribution in [3.63, 3.8) is 0 Å². The summed E-state index contributed by atoms with van der Waals surface area (Å²) in [6.07, 6.45) is 1.37. The SMILES string of the molecule is CCCNCc1cc(C)nc(Cc2cc(F)cc(F)c2)n1. The molecule has 0 saturated heterocycles. The van der Waals surface area contributed by atoms with Crippen molar-refractivity contribution < 1.29 is 8.78 Å². The Hall–Kier alpha value is -1.88. The quantitative estimate of drug-likeness (QED) is 0.831. The smallest absolute Gasteiger partial charge is 0.133 e. The Bertz CT molecular complexity index is 594. The number of halogens is 2. The Labute approximate surface area is 123 Å². The van der Waals surface area contributed by atoms with Gasteiger partial charge in [0, 0.05) is 24.7 Å². The lowest BCUT2D eigenvalue weighted by atomic mass is 10.1. The number of rotatable bonds is 6. The maximum Gasteiger partial charge on any atom is 0.133 e. The Balaban J connectivity index is 2.15. The molecule has 0 aliphatic carbocycles. The van der Waals surface area contributed by atoms with Crippen LogP contribution in [0, 0.1) is 18.6 Å². The molecule has 0 atom stereocenters. The molecular weight excluding hydrogens is 272 g/mol. The van der Waals surface area contributed by atoms with Crippen LogP contribution in [-0.4, -0.2) is 16.5 Å². The molecule has 5 heteroatoms. The third-order valence-electron chi connectivity index (χ3n) is 2.97. The van der Waals surface area contributed by atoms with Gasteiger partial charge in [-0.2, -0.15) is 0 Å². The van der Waals surface area contributed by atoms with E-state index in [0.717, 1.165) is 30.4 Å². The van der Waals surface area contributed by atoms with Gasteiger partial charge in [-0.15, -0.1) is 0 Å². The largest absolute Gasteiger partial charge is 0.311 e. The van der Waals surface area contributed by atoms with E-state index in [2.05, 4.69) is 22.2 Å². The highest BCUT2D eigenvalue weighted by Gasteiger charge is 2.06. The maximum absolute atomic E-state index is 13.2. The summed E-state index contributed by atoms with van der Waals surface area (Å²) < 4.78 is 26.4. The zero-order chi connectivity index (χ0) is 15.2. The van der Waals surface area contributed by atoms with Crippen LogP contribution in [0.2, 0.25) is 0 Å². The average Bonchev–Trinajstić information content (AvgIpc) is 2.37. The fraction of sp³-hybridized carbons (Fsp3) is 0.375. The summed E-state index contributed by atoms with van der Waals surface area (Å²) in [4.78, 5) is 8.77. The predicted octanol–water partition coefficient (Wildman–Crippen LogP) is 3.15. The summed E-state index contributed by atoms with van der Waals surface area (Å²) in [5.74, 6) is -0.585. The number of nitrogens with one attached hydrogen (secondary N) is 1. The third kappa shape index (κ3) is 4.86. The number of aryl methyl sites for hydroxylation is 1. The molecule has 0 aliphatic rings. The predicted molar refractivity (Wildman–Crippen MR) is 77.9 cm³/mol. The van der Waals surface area contributed by atoms with Crippen LogP contribution in [0.15, 0.2) is 24.3 Å². The normalized spacial score (nSPS) is 10.9. The standard InChI is InChI=1S/C16H19F2N3/c1-3-4-19-10-15-5-11(2)20-16(21-15)8-12-6-13(17)9-14(18)7-12/h5-7,9,19H,3-4,8,10H2,1-2H3. The van der Waals surface area contributed by atoms with Crippen LogP contribution in [-0.2, 0) is 13.0 Å². The first-order valence-corrected chi connectivity index (χ1v) is 7.06. The van der Waals surface area contributed by atoms with Crippen molar-refractivity contribution in [1.29, 1.82) is 0 Å². The molecule has 1 aromatic heterocycles. The van der Waals surface area contributed by atoms with Gasteiger partial charge in [0.2, 0.25) is 0 Å². The van der Waals surface area contributed by atoms with E-state index < -0.39 is 11.6 Å². The van der Waals surface area contributed by atoms with E-state index in [1.54, 1.807) is 0 Å². The first-order chi connectivity index (χ1) is 10.1. The minimum atomic E-state index is -0.581. The second-order valence-electron chi connectivity index (χ2n) is 5.05. The summed E-state index contributed by atoms with van der Waals surface area (Å²) in [5.41, 5.74) is 2.28. The van der Waals surface area contributed by atoms with Crippen molar-refractivity contribution in [2.24, 2.45) is 0 Å². The van der Waals surface area contributed by atoms with Gasteiger partial charge in [0.15, 0.2) is 0 Å². The van der Waals surface area contributed by atoms with Crippen LogP contribution in [0.4, 0.5) is 8.78 Å². The molecule has 0 spiro atoms. The lowest BCUT2D eigenvalue weighted by molar-refractivity contribution is 0.580. The molecule has 0 radical (unpaired) electrons. The molecule has 1 heterocycles. The van der Waals surface area contributed by atoms with Gasteiger partial charge in [-0.3, -0.25) is 0 Å². The number of hydrogen-bond acceptors (Lipinski definition) is 3. The fourth-order valence-electron chi connectivity index (χ4n) is 2.16. The van der Waals surface area contributed by atoms with E-state index in [0.29, 0.717) is 24.4 Å². The summed E-state index contributed by atoms with van der Waals surface area (Å²) in [6, 6.07) is 5.40. The summed E-state index contributed by atoms with van der Waals surface area (Å²) in [5, 5.41) is 3.28. The molecule has 0 aliphatic heterocycles. The highest BCUT2D eigenvalue weighted by Crippen LogP contribution is 2.12. The van der Waals surface area contributed by atoms with Gasteiger partial charge in [0.1, 0.15) is 17.5 Å². The molecule has 0 saturated carbocycles. The van der Waals surface area contributed by atoms with E-state index in [1.165, 1.54) is 12.1 Å². The van der Waals surface area contributed by atoms with Crippen LogP contribution < -0.4 is 5.32 Å². The Morgan fingerprint density at radius 2 is 1.76 bits per heavy atom. The van der Waals surface area contributed by atoms with Crippen molar-refractivity contribution in [3.05, 3.63) is 58.7 Å². The lowest BCUT2D eigenvalue weighted by Crippen LogP contribution is -2.16. The van der Waals surface area contributed by atoms with Gasteiger partial charge in [0.05, 0.1) is 5.69 Å². The average molecular weight is 291 g/mol. The first-order valence-electron chi connectivity index (χ1n) is 7.06. The minimum Gasteiger partial charge on any atom is -0.311 e. The zero-order valence-electron chi connectivity index (χ0n) is 12.3. The molecular formula is C16H19F2N3. The van der Waals surface area contributed by atoms with E-state index in [1.807, 2.05) is 13.0 Å². The molecule has 1 N–H and O–H groups in total. The maximum atomic E-state index is 13.2. The molecule has 0 amide bonds. The van der Waals surface area contributed by atoms with Gasteiger partial charge < -0.3 is 5.32 Å². The first kappa shape index (κ1) is 15.5. The van der Waals surface area contributed by atoms with Crippen LogP contribution in [0.25, 0.3) is 0 Å². The van der Waals surface area contributed by atoms with Crippen molar-refractivity contribution in [2.45, 2.75) is 33.2 Å². The second kappa shape index (κ2) is 7.22. The van der Waals surface area contributed by atoms with Crippen LogP contribution in [0.5, 0.6) is 0 Å². The molecule has 0 unspecified atom stereocenters. The van der Waals surface area contributed by atoms with Gasteiger partial charge in [-0.25, -0.2) is 18.7 Å². The molecule has 0 bridgehead atoms. The molecule has 112 valence electrons. The van der Waals surface area contributed by atoms with E-state index in [4.69, 9.17) is 0 Å². The molecule has 1 aromatic carbocycles. The van der Waals surface area contributed by atoms with Gasteiger partial charge in [0.25, 0.3) is 0 Å². The number of aromatic nitrogens is 2. The van der Waals surface area contributed by atoms with Crippen molar-refractivity contribution in [3.8, 4) is 0 Å². The minimum absolute atomic E-state index is 0.317. The Morgan fingerprint density at radius 1 is 1.05 bits per heavy atom. The number of nitrogens with zero attached hydrogens (tertiary/aromatic N) is 2. The molecule has 3 nitrogen and oxygen atoms in total. The van der Waals surface area contributed by atoms with Crippen LogP contribution >= 0.6 is 0 Å². The van der Waals surface area contributed by atoms with Crippen molar-refractivity contribution in [2.75, 3.05) is 6.54 Å². The van der Waals surface area contributed by atoms with Crippen LogP contribution in [0.3, 0.4) is 0 Å². The molecule has 21 heavy (non-hydrogen) atoms. The number of benzene rings is 1. The molecule has 2 aromatic rings. The van der Waals surface area contributed by atoms with E-state index >= 15 is 0 Å². The highest BCUT2D eigenvalue weighted by molar-refractivity contribution is 5.22. The van der Waals surface area contributed by atoms with E-state index in [-0.39, 0.29) is 0 Å². The second-order valence-corrected chi connectivity index (χ2v) is 5.05. The summed E-state index contributed by atoms with van der Waals surface area (Å²) in [6.45, 7) is 5.58. The zero-order valence-corrected chi connectivity index (χ0v) is 12.3. The topological polar surface area (TPSA) is 37.8 Å².